The fraction of sp³-hybridized carbons (Fsp3) is 0.296. The van der Waals surface area contributed by atoms with Crippen LogP contribution in [-0.4, -0.2) is 49.2 Å². The summed E-state index contributed by atoms with van der Waals surface area (Å²) >= 11 is 0. The largest absolute Gasteiger partial charge is 0.493 e. The highest BCUT2D eigenvalue weighted by Gasteiger charge is 2.19. The number of halogens is 1. The molecule has 1 aliphatic rings. The van der Waals surface area contributed by atoms with Crippen molar-refractivity contribution in [2.45, 2.75) is 25.5 Å². The number of carbonyl (C=O) groups excluding carboxylic acids is 1. The second-order valence-electron chi connectivity index (χ2n) is 8.34. The second-order valence-corrected chi connectivity index (χ2v) is 8.34. The van der Waals surface area contributed by atoms with Gasteiger partial charge in [0.25, 0.3) is 5.91 Å². The Morgan fingerprint density at radius 1 is 1.25 bits per heavy atom. The van der Waals surface area contributed by atoms with Crippen molar-refractivity contribution in [3.05, 3.63) is 71.2 Å². The molecule has 0 unspecified atom stereocenters. The molecule has 1 N–H and O–H groups in total. The van der Waals surface area contributed by atoms with Crippen LogP contribution >= 0.6 is 0 Å². The van der Waals surface area contributed by atoms with Crippen molar-refractivity contribution < 1.29 is 23.4 Å². The molecule has 8 nitrogen and oxygen atoms in total. The van der Waals surface area contributed by atoms with E-state index in [1.165, 1.54) is 18.2 Å². The number of carbonyl (C=O) groups is 1. The number of nitrogens with zero attached hydrogens (tertiary/aromatic N) is 3. The van der Waals surface area contributed by atoms with Crippen LogP contribution in [0.2, 0.25) is 0 Å². The van der Waals surface area contributed by atoms with E-state index in [1.807, 2.05) is 12.1 Å². The zero-order valence-corrected chi connectivity index (χ0v) is 20.2. The molecule has 1 fully saturated rings. The van der Waals surface area contributed by atoms with Gasteiger partial charge in [-0.15, -0.1) is 0 Å². The van der Waals surface area contributed by atoms with Gasteiger partial charge in [-0.25, -0.2) is 4.39 Å². The van der Waals surface area contributed by atoms with Gasteiger partial charge < -0.3 is 19.5 Å². The first-order valence-electron chi connectivity index (χ1n) is 11.6. The predicted octanol–water partition coefficient (Wildman–Crippen LogP) is 3.96. The first kappa shape index (κ1) is 24.9. The summed E-state index contributed by atoms with van der Waals surface area (Å²) < 4.78 is 31.3. The van der Waals surface area contributed by atoms with Gasteiger partial charge in [0, 0.05) is 30.5 Å². The molecule has 36 heavy (non-hydrogen) atoms. The number of amides is 1. The number of methoxy groups -OCH3 is 2. The van der Waals surface area contributed by atoms with Crippen LogP contribution in [0.25, 0.3) is 17.3 Å². The normalized spacial score (nSPS) is 15.4. The Hall–Kier alpha value is -4.16. The zero-order valence-electron chi connectivity index (χ0n) is 20.2. The summed E-state index contributed by atoms with van der Waals surface area (Å²) in [5, 5.41) is 17.2. The van der Waals surface area contributed by atoms with E-state index in [-0.39, 0.29) is 17.5 Å². The minimum atomic E-state index is -0.474. The number of ether oxygens (including phenoxy) is 3. The monoisotopic (exact) mass is 490 g/mol. The molecule has 2 heterocycles. The average Bonchev–Trinajstić information content (AvgIpc) is 3.56. The maximum Gasteiger partial charge on any atom is 0.262 e. The quantitative estimate of drug-likeness (QED) is 0.360. The molecule has 0 saturated carbocycles. The fourth-order valence-corrected chi connectivity index (χ4v) is 4.02. The Bertz CT molecular complexity index is 1290. The highest BCUT2D eigenvalue weighted by Crippen LogP contribution is 2.33. The lowest BCUT2D eigenvalue weighted by molar-refractivity contribution is -0.117. The van der Waals surface area contributed by atoms with Crippen molar-refractivity contribution in [1.82, 2.24) is 15.1 Å². The van der Waals surface area contributed by atoms with Gasteiger partial charge >= 0.3 is 0 Å². The molecule has 1 atom stereocenters. The van der Waals surface area contributed by atoms with Crippen molar-refractivity contribution in [2.24, 2.45) is 0 Å². The van der Waals surface area contributed by atoms with E-state index in [1.54, 1.807) is 49.4 Å². The van der Waals surface area contributed by atoms with Crippen LogP contribution in [0.1, 0.15) is 24.0 Å². The lowest BCUT2D eigenvalue weighted by Crippen LogP contribution is -2.32. The highest BCUT2D eigenvalue weighted by atomic mass is 19.1. The molecular weight excluding hydrogens is 463 g/mol. The number of nitrogens with one attached hydrogen (secondary N) is 1. The van der Waals surface area contributed by atoms with Crippen molar-refractivity contribution in [1.29, 1.82) is 5.26 Å². The molecule has 1 amide bonds. The SMILES string of the molecule is COc1ccc(-c2nn(Cc3ccc(F)cc3)cc2/C=C(\C#N)C(=O)NC[C@H]2CCCO2)cc1OC. The van der Waals surface area contributed by atoms with E-state index in [9.17, 15) is 14.4 Å². The van der Waals surface area contributed by atoms with Crippen LogP contribution in [-0.2, 0) is 16.1 Å². The molecule has 0 spiro atoms. The Morgan fingerprint density at radius 2 is 2.03 bits per heavy atom. The van der Waals surface area contributed by atoms with Crippen molar-refractivity contribution in [3.63, 3.8) is 0 Å². The highest BCUT2D eigenvalue weighted by molar-refractivity contribution is 6.02. The minimum Gasteiger partial charge on any atom is -0.493 e. The summed E-state index contributed by atoms with van der Waals surface area (Å²) in [6, 6.07) is 13.5. The van der Waals surface area contributed by atoms with Crippen molar-refractivity contribution >= 4 is 12.0 Å². The fourth-order valence-electron chi connectivity index (χ4n) is 4.02. The molecule has 186 valence electrons. The van der Waals surface area contributed by atoms with Crippen LogP contribution in [0.3, 0.4) is 0 Å². The molecular formula is C27H27FN4O4. The van der Waals surface area contributed by atoms with Crippen LogP contribution < -0.4 is 14.8 Å². The first-order valence-corrected chi connectivity index (χ1v) is 11.6. The van der Waals surface area contributed by atoms with E-state index < -0.39 is 5.91 Å². The number of aromatic nitrogens is 2. The number of rotatable bonds is 9. The van der Waals surface area contributed by atoms with Crippen molar-refractivity contribution in [3.8, 4) is 28.8 Å². The smallest absolute Gasteiger partial charge is 0.262 e. The van der Waals surface area contributed by atoms with E-state index in [0.29, 0.717) is 48.0 Å². The Kier molecular flexibility index (Phi) is 7.98. The van der Waals surface area contributed by atoms with Crippen LogP contribution in [0, 0.1) is 17.1 Å². The van der Waals surface area contributed by atoms with Gasteiger partial charge in [-0.1, -0.05) is 12.1 Å². The Balaban J connectivity index is 1.68. The summed E-state index contributed by atoms with van der Waals surface area (Å²) in [5.74, 6) is 0.294. The molecule has 4 rings (SSSR count). The van der Waals surface area contributed by atoms with Gasteiger partial charge in [-0.05, 0) is 54.8 Å². The van der Waals surface area contributed by atoms with E-state index in [2.05, 4.69) is 5.32 Å². The summed E-state index contributed by atoms with van der Waals surface area (Å²) in [7, 11) is 3.10. The molecule has 0 aliphatic carbocycles. The lowest BCUT2D eigenvalue weighted by atomic mass is 10.0. The molecule has 0 radical (unpaired) electrons. The van der Waals surface area contributed by atoms with E-state index >= 15 is 0 Å². The standard InChI is InChI=1S/C27H27FN4O4/c1-34-24-10-7-19(13-25(24)35-2)26-21(17-32(31-26)16-18-5-8-22(28)9-6-18)12-20(14-29)27(33)30-15-23-4-3-11-36-23/h5-10,12-13,17,23H,3-4,11,15-16H2,1-2H3,(H,30,33)/b20-12+/t23-/m1/s1. The lowest BCUT2D eigenvalue weighted by Gasteiger charge is -2.10. The molecule has 9 heteroatoms. The third-order valence-corrected chi connectivity index (χ3v) is 5.88. The van der Waals surface area contributed by atoms with Gasteiger partial charge in [0.2, 0.25) is 0 Å². The number of hydrogen-bond donors (Lipinski definition) is 1. The molecule has 1 aliphatic heterocycles. The number of hydrogen-bond acceptors (Lipinski definition) is 6. The van der Waals surface area contributed by atoms with Gasteiger partial charge in [0.05, 0.1) is 32.6 Å². The summed E-state index contributed by atoms with van der Waals surface area (Å²) in [5.41, 5.74) is 2.65. The van der Waals surface area contributed by atoms with Gasteiger partial charge in [0.15, 0.2) is 11.5 Å². The molecule has 1 aromatic heterocycles. The average molecular weight is 491 g/mol. The maximum atomic E-state index is 13.3. The second kappa shape index (κ2) is 11.5. The third kappa shape index (κ3) is 5.90. The van der Waals surface area contributed by atoms with Gasteiger partial charge in [-0.3, -0.25) is 9.48 Å². The molecule has 1 saturated heterocycles. The molecule has 2 aromatic carbocycles. The maximum absolute atomic E-state index is 13.3. The van der Waals surface area contributed by atoms with E-state index in [4.69, 9.17) is 19.3 Å². The Morgan fingerprint density at radius 3 is 2.69 bits per heavy atom. The van der Waals surface area contributed by atoms with Gasteiger partial charge in [0.1, 0.15) is 17.5 Å². The summed E-state index contributed by atoms with van der Waals surface area (Å²) in [4.78, 5) is 12.7. The number of nitriles is 1. The topological polar surface area (TPSA) is 98.4 Å². The minimum absolute atomic E-state index is 0.0327. The van der Waals surface area contributed by atoms with Crippen LogP contribution in [0.5, 0.6) is 11.5 Å². The summed E-state index contributed by atoms with van der Waals surface area (Å²) in [6.07, 6.45) is 5.08. The number of benzene rings is 2. The van der Waals surface area contributed by atoms with Crippen LogP contribution in [0.4, 0.5) is 4.39 Å². The van der Waals surface area contributed by atoms with E-state index in [0.717, 1.165) is 18.4 Å². The Labute approximate surface area is 208 Å². The zero-order chi connectivity index (χ0) is 25.5. The van der Waals surface area contributed by atoms with Gasteiger partial charge in [-0.2, -0.15) is 10.4 Å². The molecule has 0 bridgehead atoms. The third-order valence-electron chi connectivity index (χ3n) is 5.88. The van der Waals surface area contributed by atoms with Crippen LogP contribution in [0.15, 0.2) is 54.2 Å². The van der Waals surface area contributed by atoms with Crippen molar-refractivity contribution in [2.75, 3.05) is 27.4 Å². The molecule has 3 aromatic rings. The predicted molar refractivity (Wildman–Crippen MR) is 132 cm³/mol. The first-order chi connectivity index (χ1) is 17.5. The summed E-state index contributed by atoms with van der Waals surface area (Å²) in [6.45, 7) is 1.41.